The first-order valence-corrected chi connectivity index (χ1v) is 11.1. The summed E-state index contributed by atoms with van der Waals surface area (Å²) in [5.41, 5.74) is 1.60. The Labute approximate surface area is 208 Å². The third-order valence-corrected chi connectivity index (χ3v) is 5.89. The first-order chi connectivity index (χ1) is 17.5. The van der Waals surface area contributed by atoms with Crippen LogP contribution >= 0.6 is 11.6 Å². The molecule has 0 fully saturated rings. The van der Waals surface area contributed by atoms with E-state index < -0.39 is 5.97 Å². The molecular weight excluding hydrogens is 482 g/mol. The van der Waals surface area contributed by atoms with E-state index >= 15 is 0 Å². The SMILES string of the molecule is N#Cc1cc2c(=O)n(CCOc3ccc(Cl)cc3-c3cccc4c(C(=O)O)nccc34)cnc2cn1. The lowest BCUT2D eigenvalue weighted by atomic mass is 9.97. The number of ether oxygens (including phenoxy) is 1. The van der Waals surface area contributed by atoms with Gasteiger partial charge >= 0.3 is 5.97 Å². The molecule has 0 radical (unpaired) electrons. The van der Waals surface area contributed by atoms with Crippen LogP contribution in [0.4, 0.5) is 0 Å². The van der Waals surface area contributed by atoms with Gasteiger partial charge < -0.3 is 9.84 Å². The fourth-order valence-corrected chi connectivity index (χ4v) is 4.16. The molecule has 5 aromatic rings. The van der Waals surface area contributed by atoms with Crippen molar-refractivity contribution in [2.24, 2.45) is 0 Å². The Hall–Kier alpha value is -4.81. The number of aromatic nitrogens is 4. The average Bonchev–Trinajstić information content (AvgIpc) is 2.89. The molecular formula is C26H16ClN5O4. The fourth-order valence-electron chi connectivity index (χ4n) is 3.99. The summed E-state index contributed by atoms with van der Waals surface area (Å²) in [6.07, 6.45) is 4.26. The van der Waals surface area contributed by atoms with Crippen molar-refractivity contribution in [3.63, 3.8) is 0 Å². The zero-order valence-corrected chi connectivity index (χ0v) is 19.3. The standard InChI is InChI=1S/C26H16ClN5O4/c27-15-4-5-23(20(10-15)17-2-1-3-19-18(17)6-7-29-24(19)26(34)35)36-9-8-32-14-31-22-13-30-16(12-28)11-21(22)25(32)33/h1-7,10-11,13-14H,8-9H2,(H,34,35). The smallest absolute Gasteiger partial charge is 0.355 e. The minimum Gasteiger partial charge on any atom is -0.491 e. The molecule has 0 atom stereocenters. The predicted octanol–water partition coefficient (Wildman–Crippen LogP) is 4.31. The number of rotatable bonds is 6. The second-order valence-corrected chi connectivity index (χ2v) is 8.23. The maximum Gasteiger partial charge on any atom is 0.355 e. The van der Waals surface area contributed by atoms with Gasteiger partial charge in [0.05, 0.1) is 30.0 Å². The van der Waals surface area contributed by atoms with Crippen LogP contribution in [-0.2, 0) is 6.54 Å². The number of carbonyl (C=O) groups is 1. The maximum absolute atomic E-state index is 12.9. The van der Waals surface area contributed by atoms with E-state index in [1.807, 2.05) is 12.1 Å². The monoisotopic (exact) mass is 497 g/mol. The zero-order valence-electron chi connectivity index (χ0n) is 18.6. The molecule has 0 bridgehead atoms. The molecule has 1 N–H and O–H groups in total. The number of hydrogen-bond acceptors (Lipinski definition) is 7. The number of aromatic carboxylic acids is 1. The van der Waals surface area contributed by atoms with E-state index in [0.717, 1.165) is 5.56 Å². The van der Waals surface area contributed by atoms with Crippen LogP contribution < -0.4 is 10.3 Å². The number of pyridine rings is 2. The van der Waals surface area contributed by atoms with E-state index in [4.69, 9.17) is 21.6 Å². The lowest BCUT2D eigenvalue weighted by Crippen LogP contribution is -2.23. The Balaban J connectivity index is 1.47. The van der Waals surface area contributed by atoms with Crippen LogP contribution in [0.2, 0.25) is 5.02 Å². The van der Waals surface area contributed by atoms with Gasteiger partial charge in [-0.3, -0.25) is 9.36 Å². The Bertz CT molecular complexity index is 1760. The third-order valence-electron chi connectivity index (χ3n) is 5.66. The second kappa shape index (κ2) is 9.44. The van der Waals surface area contributed by atoms with Gasteiger partial charge in [0, 0.05) is 22.2 Å². The summed E-state index contributed by atoms with van der Waals surface area (Å²) in [4.78, 5) is 36.7. The van der Waals surface area contributed by atoms with E-state index in [1.165, 1.54) is 29.4 Å². The van der Waals surface area contributed by atoms with Gasteiger partial charge in [-0.1, -0.05) is 29.8 Å². The number of fused-ring (bicyclic) bond motifs is 2. The molecule has 0 saturated heterocycles. The highest BCUT2D eigenvalue weighted by Crippen LogP contribution is 2.37. The number of hydrogen-bond donors (Lipinski definition) is 1. The summed E-state index contributed by atoms with van der Waals surface area (Å²) < 4.78 is 7.45. The van der Waals surface area contributed by atoms with E-state index in [1.54, 1.807) is 36.4 Å². The van der Waals surface area contributed by atoms with Crippen molar-refractivity contribution >= 4 is 39.2 Å². The van der Waals surface area contributed by atoms with Crippen LogP contribution in [0.3, 0.4) is 0 Å². The predicted molar refractivity (Wildman–Crippen MR) is 133 cm³/mol. The minimum absolute atomic E-state index is 0.0446. The molecule has 0 aliphatic rings. The van der Waals surface area contributed by atoms with E-state index in [0.29, 0.717) is 38.0 Å². The van der Waals surface area contributed by atoms with Gasteiger partial charge in [0.25, 0.3) is 5.56 Å². The first kappa shape index (κ1) is 23.0. The number of carboxylic acids is 1. The molecule has 5 rings (SSSR count). The van der Waals surface area contributed by atoms with Crippen molar-refractivity contribution < 1.29 is 14.6 Å². The van der Waals surface area contributed by atoms with Crippen LogP contribution in [-0.4, -0.2) is 37.2 Å². The van der Waals surface area contributed by atoms with Crippen LogP contribution in [0.1, 0.15) is 16.2 Å². The molecule has 0 aliphatic carbocycles. The summed E-state index contributed by atoms with van der Waals surface area (Å²) in [6.45, 7) is 0.348. The van der Waals surface area contributed by atoms with Gasteiger partial charge in [-0.25, -0.2) is 19.7 Å². The molecule has 10 heteroatoms. The van der Waals surface area contributed by atoms with Crippen molar-refractivity contribution in [3.05, 3.63) is 94.0 Å². The van der Waals surface area contributed by atoms with Crippen molar-refractivity contribution in [2.45, 2.75) is 6.54 Å². The van der Waals surface area contributed by atoms with Gasteiger partial charge in [0.1, 0.15) is 24.1 Å². The maximum atomic E-state index is 12.9. The van der Waals surface area contributed by atoms with Gasteiger partial charge in [0.2, 0.25) is 0 Å². The number of nitrogens with zero attached hydrogens (tertiary/aromatic N) is 5. The molecule has 3 aromatic heterocycles. The van der Waals surface area contributed by atoms with Gasteiger partial charge in [-0.05, 0) is 41.3 Å². The molecule has 2 aromatic carbocycles. The molecule has 0 amide bonds. The zero-order chi connectivity index (χ0) is 25.2. The summed E-state index contributed by atoms with van der Waals surface area (Å²) in [7, 11) is 0. The van der Waals surface area contributed by atoms with E-state index in [-0.39, 0.29) is 30.1 Å². The first-order valence-electron chi connectivity index (χ1n) is 10.8. The third kappa shape index (κ3) is 4.21. The number of halogens is 1. The summed E-state index contributed by atoms with van der Waals surface area (Å²) in [6, 6.07) is 15.5. The quantitative estimate of drug-likeness (QED) is 0.367. The van der Waals surface area contributed by atoms with Crippen molar-refractivity contribution in [1.29, 1.82) is 5.26 Å². The van der Waals surface area contributed by atoms with E-state index in [9.17, 15) is 14.7 Å². The normalized spacial score (nSPS) is 10.9. The van der Waals surface area contributed by atoms with Crippen LogP contribution in [0, 0.1) is 11.3 Å². The highest BCUT2D eigenvalue weighted by molar-refractivity contribution is 6.31. The molecule has 9 nitrogen and oxygen atoms in total. The van der Waals surface area contributed by atoms with Gasteiger partial charge in [-0.15, -0.1) is 0 Å². The fraction of sp³-hybridized carbons (Fsp3) is 0.0769. The highest BCUT2D eigenvalue weighted by atomic mass is 35.5. The lowest BCUT2D eigenvalue weighted by molar-refractivity contribution is 0.0693. The van der Waals surface area contributed by atoms with E-state index in [2.05, 4.69) is 15.0 Å². The summed E-state index contributed by atoms with van der Waals surface area (Å²) in [5, 5.41) is 20.6. The van der Waals surface area contributed by atoms with Crippen molar-refractivity contribution in [2.75, 3.05) is 6.61 Å². The molecule has 0 unspecified atom stereocenters. The van der Waals surface area contributed by atoms with Crippen LogP contribution in [0.25, 0.3) is 32.8 Å². The molecule has 0 spiro atoms. The van der Waals surface area contributed by atoms with Gasteiger partial charge in [-0.2, -0.15) is 5.26 Å². The Morgan fingerprint density at radius 2 is 1.92 bits per heavy atom. The topological polar surface area (TPSA) is 131 Å². The lowest BCUT2D eigenvalue weighted by Gasteiger charge is -2.15. The number of nitriles is 1. The molecule has 36 heavy (non-hydrogen) atoms. The Morgan fingerprint density at radius 3 is 2.72 bits per heavy atom. The number of carboxylic acid groups (broad SMARTS) is 1. The second-order valence-electron chi connectivity index (χ2n) is 7.80. The molecule has 0 saturated carbocycles. The minimum atomic E-state index is -1.12. The molecule has 176 valence electrons. The highest BCUT2D eigenvalue weighted by Gasteiger charge is 2.16. The summed E-state index contributed by atoms with van der Waals surface area (Å²) in [5.74, 6) is -0.606. The van der Waals surface area contributed by atoms with Gasteiger partial charge in [0.15, 0.2) is 5.69 Å². The molecule has 0 aliphatic heterocycles. The summed E-state index contributed by atoms with van der Waals surface area (Å²) >= 11 is 6.29. The number of benzene rings is 2. The van der Waals surface area contributed by atoms with Crippen LogP contribution in [0.15, 0.2) is 72.0 Å². The van der Waals surface area contributed by atoms with Crippen molar-refractivity contribution in [1.82, 2.24) is 19.5 Å². The largest absolute Gasteiger partial charge is 0.491 e. The van der Waals surface area contributed by atoms with Crippen LogP contribution in [0.5, 0.6) is 5.75 Å². The van der Waals surface area contributed by atoms with Crippen molar-refractivity contribution in [3.8, 4) is 22.9 Å². The molecule has 3 heterocycles. The Kier molecular flexibility index (Phi) is 6.02. The Morgan fingerprint density at radius 1 is 1.06 bits per heavy atom. The average molecular weight is 498 g/mol.